The summed E-state index contributed by atoms with van der Waals surface area (Å²) in [5.74, 6) is 0. The Morgan fingerprint density at radius 2 is 1.94 bits per heavy atom. The van der Waals surface area contributed by atoms with Crippen LogP contribution in [0, 0.1) is 6.92 Å². The number of nitrogens with one attached hydrogen (secondary N) is 1. The first kappa shape index (κ1) is 11.4. The van der Waals surface area contributed by atoms with E-state index in [2.05, 4.69) is 47.6 Å². The lowest BCUT2D eigenvalue weighted by Crippen LogP contribution is -2.15. The van der Waals surface area contributed by atoms with E-state index in [0.717, 1.165) is 12.6 Å². The number of hydrogen-bond acceptors (Lipinski definition) is 2. The van der Waals surface area contributed by atoms with E-state index in [9.17, 15) is 0 Å². The first-order valence-corrected chi connectivity index (χ1v) is 6.56. The minimum Gasteiger partial charge on any atom is -0.310 e. The van der Waals surface area contributed by atoms with Crippen LogP contribution < -0.4 is 5.32 Å². The highest BCUT2D eigenvalue weighted by Gasteiger charge is 2.20. The van der Waals surface area contributed by atoms with Gasteiger partial charge in [-0.2, -0.15) is 0 Å². The standard InChI is InChI=1S/C16H18N2/c1-12-2-3-14(11-18-15-4-5-15)16(10-12)13-6-8-17-9-7-13/h2-3,6-10,15,18H,4-5,11H2,1H3. The average Bonchev–Trinajstić information content (AvgIpc) is 3.22. The molecule has 92 valence electrons. The molecule has 2 heteroatoms. The molecule has 1 aromatic heterocycles. The summed E-state index contributed by atoms with van der Waals surface area (Å²) in [6.45, 7) is 3.10. The van der Waals surface area contributed by atoms with Crippen molar-refractivity contribution in [1.29, 1.82) is 0 Å². The maximum absolute atomic E-state index is 4.09. The highest BCUT2D eigenvalue weighted by Crippen LogP contribution is 2.26. The molecule has 0 atom stereocenters. The third-order valence-corrected chi connectivity index (χ3v) is 3.42. The number of hydrogen-bond donors (Lipinski definition) is 1. The van der Waals surface area contributed by atoms with Gasteiger partial charge in [-0.1, -0.05) is 23.8 Å². The Kier molecular flexibility index (Phi) is 3.11. The van der Waals surface area contributed by atoms with Crippen molar-refractivity contribution in [2.45, 2.75) is 32.4 Å². The lowest BCUT2D eigenvalue weighted by atomic mass is 9.98. The van der Waals surface area contributed by atoms with Gasteiger partial charge in [0.25, 0.3) is 0 Å². The summed E-state index contributed by atoms with van der Waals surface area (Å²) in [5.41, 5.74) is 5.25. The van der Waals surface area contributed by atoms with Crippen molar-refractivity contribution >= 4 is 0 Å². The molecule has 1 saturated carbocycles. The lowest BCUT2D eigenvalue weighted by molar-refractivity contribution is 0.688. The zero-order valence-electron chi connectivity index (χ0n) is 10.7. The second kappa shape index (κ2) is 4.91. The van der Waals surface area contributed by atoms with Crippen LogP contribution in [-0.4, -0.2) is 11.0 Å². The molecule has 1 aromatic carbocycles. The van der Waals surface area contributed by atoms with E-state index >= 15 is 0 Å². The third kappa shape index (κ3) is 2.59. The van der Waals surface area contributed by atoms with Gasteiger partial charge in [0.2, 0.25) is 0 Å². The molecule has 0 spiro atoms. The Morgan fingerprint density at radius 1 is 1.17 bits per heavy atom. The number of aryl methyl sites for hydroxylation is 1. The molecule has 18 heavy (non-hydrogen) atoms. The Morgan fingerprint density at radius 3 is 2.67 bits per heavy atom. The summed E-state index contributed by atoms with van der Waals surface area (Å²) in [7, 11) is 0. The normalized spacial score (nSPS) is 14.7. The van der Waals surface area contributed by atoms with E-state index in [1.165, 1.54) is 35.1 Å². The SMILES string of the molecule is Cc1ccc(CNC2CC2)c(-c2ccncc2)c1. The molecular formula is C16H18N2. The highest BCUT2D eigenvalue weighted by molar-refractivity contribution is 5.67. The van der Waals surface area contributed by atoms with Crippen molar-refractivity contribution in [2.24, 2.45) is 0 Å². The average molecular weight is 238 g/mol. The maximum atomic E-state index is 4.09. The van der Waals surface area contributed by atoms with Crippen LogP contribution >= 0.6 is 0 Å². The molecule has 3 rings (SSSR count). The molecule has 2 aromatic rings. The predicted octanol–water partition coefficient (Wildman–Crippen LogP) is 3.31. The Balaban J connectivity index is 1.92. The smallest absolute Gasteiger partial charge is 0.0273 e. The first-order chi connectivity index (χ1) is 8.83. The van der Waals surface area contributed by atoms with Crippen molar-refractivity contribution < 1.29 is 0 Å². The van der Waals surface area contributed by atoms with Crippen LogP contribution in [0.4, 0.5) is 0 Å². The molecule has 0 saturated heterocycles. The molecule has 0 unspecified atom stereocenters. The molecule has 1 fully saturated rings. The van der Waals surface area contributed by atoms with Gasteiger partial charge in [0.05, 0.1) is 0 Å². The van der Waals surface area contributed by atoms with E-state index in [1.54, 1.807) is 0 Å². The summed E-state index contributed by atoms with van der Waals surface area (Å²) in [5, 5.41) is 3.59. The molecule has 1 aliphatic rings. The minimum absolute atomic E-state index is 0.747. The van der Waals surface area contributed by atoms with E-state index in [1.807, 2.05) is 12.4 Å². The van der Waals surface area contributed by atoms with Gasteiger partial charge < -0.3 is 5.32 Å². The van der Waals surface area contributed by atoms with Crippen LogP contribution in [0.25, 0.3) is 11.1 Å². The summed E-state index contributed by atoms with van der Waals surface area (Å²) in [4.78, 5) is 4.09. The number of rotatable bonds is 4. The van der Waals surface area contributed by atoms with Gasteiger partial charge in [-0.25, -0.2) is 0 Å². The van der Waals surface area contributed by atoms with Gasteiger partial charge in [-0.15, -0.1) is 0 Å². The van der Waals surface area contributed by atoms with Gasteiger partial charge in [-0.05, 0) is 48.6 Å². The summed E-state index contributed by atoms with van der Waals surface area (Å²) in [6.07, 6.45) is 6.37. The predicted molar refractivity (Wildman–Crippen MR) is 74.3 cm³/mol. The maximum Gasteiger partial charge on any atom is 0.0273 e. The number of pyridine rings is 1. The van der Waals surface area contributed by atoms with Crippen LogP contribution in [0.15, 0.2) is 42.7 Å². The van der Waals surface area contributed by atoms with Crippen molar-refractivity contribution in [2.75, 3.05) is 0 Å². The van der Waals surface area contributed by atoms with Crippen LogP contribution in [0.1, 0.15) is 24.0 Å². The quantitative estimate of drug-likeness (QED) is 0.884. The van der Waals surface area contributed by atoms with Crippen molar-refractivity contribution in [3.63, 3.8) is 0 Å². The van der Waals surface area contributed by atoms with Gasteiger partial charge in [0.15, 0.2) is 0 Å². The van der Waals surface area contributed by atoms with E-state index in [0.29, 0.717) is 0 Å². The van der Waals surface area contributed by atoms with Crippen molar-refractivity contribution in [1.82, 2.24) is 10.3 Å². The monoisotopic (exact) mass is 238 g/mol. The van der Waals surface area contributed by atoms with Gasteiger partial charge in [0.1, 0.15) is 0 Å². The molecule has 0 aliphatic heterocycles. The van der Waals surface area contributed by atoms with Crippen LogP contribution in [0.2, 0.25) is 0 Å². The molecule has 1 aliphatic carbocycles. The fraction of sp³-hybridized carbons (Fsp3) is 0.312. The third-order valence-electron chi connectivity index (χ3n) is 3.42. The van der Waals surface area contributed by atoms with Gasteiger partial charge >= 0.3 is 0 Å². The first-order valence-electron chi connectivity index (χ1n) is 6.56. The van der Waals surface area contributed by atoms with Crippen LogP contribution in [0.3, 0.4) is 0 Å². The zero-order valence-corrected chi connectivity index (χ0v) is 10.7. The molecule has 0 amide bonds. The largest absolute Gasteiger partial charge is 0.310 e. The fourth-order valence-electron chi connectivity index (χ4n) is 2.19. The van der Waals surface area contributed by atoms with Crippen LogP contribution in [-0.2, 0) is 6.54 Å². The van der Waals surface area contributed by atoms with Crippen molar-refractivity contribution in [3.05, 3.63) is 53.9 Å². The lowest BCUT2D eigenvalue weighted by Gasteiger charge is -2.11. The highest BCUT2D eigenvalue weighted by atomic mass is 14.9. The molecular weight excluding hydrogens is 220 g/mol. The topological polar surface area (TPSA) is 24.9 Å². The minimum atomic E-state index is 0.747. The molecule has 0 radical (unpaired) electrons. The van der Waals surface area contributed by atoms with E-state index in [-0.39, 0.29) is 0 Å². The van der Waals surface area contributed by atoms with Crippen LogP contribution in [0.5, 0.6) is 0 Å². The fourth-order valence-corrected chi connectivity index (χ4v) is 2.19. The summed E-state index contributed by atoms with van der Waals surface area (Å²) < 4.78 is 0. The number of nitrogens with zero attached hydrogens (tertiary/aromatic N) is 1. The zero-order chi connectivity index (χ0) is 12.4. The van der Waals surface area contributed by atoms with E-state index < -0.39 is 0 Å². The van der Waals surface area contributed by atoms with Gasteiger partial charge in [-0.3, -0.25) is 4.98 Å². The Hall–Kier alpha value is -1.67. The summed E-state index contributed by atoms with van der Waals surface area (Å²) in [6, 6.07) is 11.6. The Labute approximate surface area is 108 Å². The molecule has 0 bridgehead atoms. The number of benzene rings is 1. The molecule has 2 nitrogen and oxygen atoms in total. The number of aromatic nitrogens is 1. The van der Waals surface area contributed by atoms with Crippen molar-refractivity contribution in [3.8, 4) is 11.1 Å². The van der Waals surface area contributed by atoms with E-state index in [4.69, 9.17) is 0 Å². The Bertz CT molecular complexity index is 530. The second-order valence-electron chi connectivity index (χ2n) is 5.05. The second-order valence-corrected chi connectivity index (χ2v) is 5.05. The molecule has 1 N–H and O–H groups in total. The molecule has 1 heterocycles. The summed E-state index contributed by atoms with van der Waals surface area (Å²) >= 11 is 0. The van der Waals surface area contributed by atoms with Gasteiger partial charge in [0, 0.05) is 25.0 Å².